The quantitative estimate of drug-likeness (QED) is 0.843. The zero-order chi connectivity index (χ0) is 13.8. The second-order valence-corrected chi connectivity index (χ2v) is 4.73. The van der Waals surface area contributed by atoms with E-state index in [-0.39, 0.29) is 5.91 Å². The van der Waals surface area contributed by atoms with Gasteiger partial charge in [-0.3, -0.25) is 4.79 Å². The Kier molecular flexibility index (Phi) is 4.16. The zero-order valence-electron chi connectivity index (χ0n) is 10.7. The van der Waals surface area contributed by atoms with Gasteiger partial charge in [-0.25, -0.2) is 4.79 Å². The predicted octanol–water partition coefficient (Wildman–Crippen LogP) is 0.877. The van der Waals surface area contributed by atoms with Crippen molar-refractivity contribution >= 4 is 11.9 Å². The first-order valence-corrected chi connectivity index (χ1v) is 6.46. The van der Waals surface area contributed by atoms with E-state index in [2.05, 4.69) is 0 Å². The van der Waals surface area contributed by atoms with E-state index in [0.717, 1.165) is 18.4 Å². The topological polar surface area (TPSA) is 83.6 Å². The molecule has 0 spiro atoms. The van der Waals surface area contributed by atoms with Crippen LogP contribution in [-0.4, -0.2) is 41.0 Å². The number of carbonyl (C=O) groups excluding carboxylic acids is 1. The Bertz CT molecular complexity index is 470. The Morgan fingerprint density at radius 3 is 2.58 bits per heavy atom. The van der Waals surface area contributed by atoms with Gasteiger partial charge in [-0.1, -0.05) is 12.1 Å². The van der Waals surface area contributed by atoms with Gasteiger partial charge in [0.15, 0.2) is 0 Å². The van der Waals surface area contributed by atoms with Crippen LogP contribution >= 0.6 is 0 Å². The number of nitrogens with two attached hydrogens (primary N) is 1. The molecule has 2 rings (SSSR count). The summed E-state index contributed by atoms with van der Waals surface area (Å²) in [5.74, 6) is -1.13. The molecular formula is C14H18N2O3. The average molecular weight is 262 g/mol. The fourth-order valence-corrected chi connectivity index (χ4v) is 2.41. The SMILES string of the molecule is NCCc1ccc(C(=O)N2CCC[C@H]2C(=O)O)cc1. The van der Waals surface area contributed by atoms with Crippen LogP contribution < -0.4 is 5.73 Å². The summed E-state index contributed by atoms with van der Waals surface area (Å²) in [7, 11) is 0. The highest BCUT2D eigenvalue weighted by Gasteiger charge is 2.34. The maximum atomic E-state index is 12.3. The number of hydrogen-bond acceptors (Lipinski definition) is 3. The van der Waals surface area contributed by atoms with Crippen LogP contribution in [0.25, 0.3) is 0 Å². The first-order valence-electron chi connectivity index (χ1n) is 6.46. The van der Waals surface area contributed by atoms with Crippen molar-refractivity contribution in [3.63, 3.8) is 0 Å². The average Bonchev–Trinajstić information content (AvgIpc) is 2.88. The highest BCUT2D eigenvalue weighted by atomic mass is 16.4. The fraction of sp³-hybridized carbons (Fsp3) is 0.429. The van der Waals surface area contributed by atoms with Crippen molar-refractivity contribution in [3.8, 4) is 0 Å². The fourth-order valence-electron chi connectivity index (χ4n) is 2.41. The van der Waals surface area contributed by atoms with E-state index in [4.69, 9.17) is 10.8 Å². The summed E-state index contributed by atoms with van der Waals surface area (Å²) in [6.45, 7) is 1.08. The van der Waals surface area contributed by atoms with Gasteiger partial charge in [0, 0.05) is 12.1 Å². The first-order chi connectivity index (χ1) is 9.13. The molecule has 1 saturated heterocycles. The van der Waals surface area contributed by atoms with Gasteiger partial charge < -0.3 is 15.7 Å². The van der Waals surface area contributed by atoms with Crippen LogP contribution in [0, 0.1) is 0 Å². The van der Waals surface area contributed by atoms with Crippen LogP contribution in [0.4, 0.5) is 0 Å². The molecule has 19 heavy (non-hydrogen) atoms. The Balaban J connectivity index is 2.12. The van der Waals surface area contributed by atoms with Gasteiger partial charge in [0.1, 0.15) is 6.04 Å². The van der Waals surface area contributed by atoms with Crippen molar-refractivity contribution in [1.29, 1.82) is 0 Å². The normalized spacial score (nSPS) is 18.6. The summed E-state index contributed by atoms with van der Waals surface area (Å²) in [5, 5.41) is 9.09. The molecule has 0 unspecified atom stereocenters. The van der Waals surface area contributed by atoms with Gasteiger partial charge >= 0.3 is 5.97 Å². The lowest BCUT2D eigenvalue weighted by Gasteiger charge is -2.21. The predicted molar refractivity (Wildman–Crippen MR) is 70.9 cm³/mol. The van der Waals surface area contributed by atoms with Crippen molar-refractivity contribution in [2.75, 3.05) is 13.1 Å². The van der Waals surface area contributed by atoms with Crippen LogP contribution in [0.3, 0.4) is 0 Å². The second-order valence-electron chi connectivity index (χ2n) is 4.73. The van der Waals surface area contributed by atoms with Crippen LogP contribution in [-0.2, 0) is 11.2 Å². The van der Waals surface area contributed by atoms with Crippen molar-refractivity contribution in [1.82, 2.24) is 4.90 Å². The number of nitrogens with zero attached hydrogens (tertiary/aromatic N) is 1. The van der Waals surface area contributed by atoms with Crippen molar-refractivity contribution in [2.45, 2.75) is 25.3 Å². The van der Waals surface area contributed by atoms with Crippen molar-refractivity contribution < 1.29 is 14.7 Å². The number of hydrogen-bond donors (Lipinski definition) is 2. The Labute approximate surface area is 112 Å². The van der Waals surface area contributed by atoms with Gasteiger partial charge in [0.2, 0.25) is 0 Å². The number of aliphatic carboxylic acids is 1. The molecule has 0 saturated carbocycles. The van der Waals surface area contributed by atoms with Crippen molar-refractivity contribution in [3.05, 3.63) is 35.4 Å². The van der Waals surface area contributed by atoms with Crippen LogP contribution in [0.1, 0.15) is 28.8 Å². The molecular weight excluding hydrogens is 244 g/mol. The van der Waals surface area contributed by atoms with Gasteiger partial charge in [-0.05, 0) is 43.5 Å². The minimum Gasteiger partial charge on any atom is -0.480 e. The summed E-state index contributed by atoms with van der Waals surface area (Å²) in [6, 6.07) is 6.53. The number of rotatable bonds is 4. The minimum atomic E-state index is -0.925. The van der Waals surface area contributed by atoms with Crippen LogP contribution in [0.15, 0.2) is 24.3 Å². The van der Waals surface area contributed by atoms with Crippen LogP contribution in [0.5, 0.6) is 0 Å². The van der Waals surface area contributed by atoms with Crippen LogP contribution in [0.2, 0.25) is 0 Å². The third-order valence-corrected chi connectivity index (χ3v) is 3.43. The number of carboxylic acids is 1. The van der Waals surface area contributed by atoms with Crippen molar-refractivity contribution in [2.24, 2.45) is 5.73 Å². The summed E-state index contributed by atoms with van der Waals surface area (Å²) in [6.07, 6.45) is 2.05. The summed E-state index contributed by atoms with van der Waals surface area (Å²) in [4.78, 5) is 24.8. The summed E-state index contributed by atoms with van der Waals surface area (Å²) < 4.78 is 0. The molecule has 5 heteroatoms. The summed E-state index contributed by atoms with van der Waals surface area (Å²) in [5.41, 5.74) is 7.08. The van der Waals surface area contributed by atoms with E-state index < -0.39 is 12.0 Å². The lowest BCUT2D eigenvalue weighted by molar-refractivity contribution is -0.141. The van der Waals surface area contributed by atoms with Gasteiger partial charge in [-0.2, -0.15) is 0 Å². The molecule has 1 fully saturated rings. The highest BCUT2D eigenvalue weighted by molar-refractivity contribution is 5.97. The van der Waals surface area contributed by atoms with E-state index in [9.17, 15) is 9.59 Å². The molecule has 0 aromatic heterocycles. The molecule has 1 amide bonds. The van der Waals surface area contributed by atoms with E-state index in [1.54, 1.807) is 12.1 Å². The molecule has 3 N–H and O–H groups in total. The third-order valence-electron chi connectivity index (χ3n) is 3.43. The molecule has 1 aromatic carbocycles. The minimum absolute atomic E-state index is 0.204. The standard InChI is InChI=1S/C14H18N2O3/c15-8-7-10-3-5-11(6-4-10)13(17)16-9-1-2-12(16)14(18)19/h3-6,12H,1-2,7-9,15H2,(H,18,19)/t12-/m0/s1. The molecule has 0 radical (unpaired) electrons. The Morgan fingerprint density at radius 2 is 2.00 bits per heavy atom. The molecule has 5 nitrogen and oxygen atoms in total. The Hall–Kier alpha value is -1.88. The molecule has 0 aliphatic carbocycles. The number of amides is 1. The van der Waals surface area contributed by atoms with E-state index in [1.807, 2.05) is 12.1 Å². The van der Waals surface area contributed by atoms with Gasteiger partial charge in [0.05, 0.1) is 0 Å². The third kappa shape index (κ3) is 2.93. The monoisotopic (exact) mass is 262 g/mol. The number of benzene rings is 1. The molecule has 1 heterocycles. The molecule has 1 aromatic rings. The molecule has 1 atom stereocenters. The first kappa shape index (κ1) is 13.5. The number of carboxylic acid groups (broad SMARTS) is 1. The van der Waals surface area contributed by atoms with E-state index in [1.165, 1.54) is 4.90 Å². The number of likely N-dealkylation sites (tertiary alicyclic amines) is 1. The lowest BCUT2D eigenvalue weighted by Crippen LogP contribution is -2.40. The zero-order valence-corrected chi connectivity index (χ0v) is 10.7. The maximum absolute atomic E-state index is 12.3. The summed E-state index contributed by atoms with van der Waals surface area (Å²) >= 11 is 0. The maximum Gasteiger partial charge on any atom is 0.326 e. The largest absolute Gasteiger partial charge is 0.480 e. The smallest absolute Gasteiger partial charge is 0.326 e. The van der Waals surface area contributed by atoms with E-state index in [0.29, 0.717) is 25.1 Å². The molecule has 0 bridgehead atoms. The molecule has 1 aliphatic rings. The Morgan fingerprint density at radius 1 is 1.32 bits per heavy atom. The molecule has 1 aliphatic heterocycles. The number of carbonyl (C=O) groups is 2. The lowest BCUT2D eigenvalue weighted by atomic mass is 10.1. The van der Waals surface area contributed by atoms with Gasteiger partial charge in [-0.15, -0.1) is 0 Å². The van der Waals surface area contributed by atoms with Gasteiger partial charge in [0.25, 0.3) is 5.91 Å². The molecule has 102 valence electrons. The highest BCUT2D eigenvalue weighted by Crippen LogP contribution is 2.20. The van der Waals surface area contributed by atoms with E-state index >= 15 is 0 Å². The second kappa shape index (κ2) is 5.84.